The Morgan fingerprint density at radius 3 is 2.50 bits per heavy atom. The first kappa shape index (κ1) is 10.7. The monoisotopic (exact) mass is 216 g/mol. The lowest BCUT2D eigenvalue weighted by atomic mass is 10.0. The van der Waals surface area contributed by atoms with Crippen LogP contribution in [0.15, 0.2) is 12.1 Å². The van der Waals surface area contributed by atoms with Crippen molar-refractivity contribution >= 4 is 16.6 Å². The Balaban J connectivity index is 2.90. The maximum atomic E-state index is 6.12. The van der Waals surface area contributed by atoms with E-state index in [-0.39, 0.29) is 0 Å². The van der Waals surface area contributed by atoms with Gasteiger partial charge in [-0.15, -0.1) is 0 Å². The zero-order valence-corrected chi connectivity index (χ0v) is 10.1. The molecule has 1 heterocycles. The van der Waals surface area contributed by atoms with Gasteiger partial charge in [0.25, 0.3) is 0 Å². The highest BCUT2D eigenvalue weighted by Gasteiger charge is 2.09. The summed E-state index contributed by atoms with van der Waals surface area (Å²) in [6, 6.07) is 3.92. The fourth-order valence-corrected chi connectivity index (χ4v) is 1.87. The average Bonchev–Trinajstić information content (AvgIpc) is 2.27. The summed E-state index contributed by atoms with van der Waals surface area (Å²) in [5, 5.41) is 0.972. The lowest BCUT2D eigenvalue weighted by molar-refractivity contribution is 0.415. The van der Waals surface area contributed by atoms with Crippen LogP contribution in [0.25, 0.3) is 10.9 Å². The molecule has 0 aliphatic rings. The van der Waals surface area contributed by atoms with Crippen LogP contribution >= 0.6 is 0 Å². The molecule has 0 unspecified atom stereocenters. The highest BCUT2D eigenvalue weighted by Crippen LogP contribution is 2.30. The van der Waals surface area contributed by atoms with Gasteiger partial charge in [-0.3, -0.25) is 4.98 Å². The quantitative estimate of drug-likeness (QED) is 0.797. The molecule has 0 aliphatic heterocycles. The Labute approximate surface area is 95.2 Å². The number of rotatable bonds is 1. The van der Waals surface area contributed by atoms with E-state index in [9.17, 15) is 0 Å². The Bertz CT molecular complexity index is 562. The number of ether oxygens (including phenoxy) is 1. The number of fused-ring (bicyclic) bond motifs is 1. The molecule has 0 aliphatic carbocycles. The Morgan fingerprint density at radius 1 is 1.19 bits per heavy atom. The van der Waals surface area contributed by atoms with Crippen molar-refractivity contribution < 1.29 is 4.74 Å². The van der Waals surface area contributed by atoms with Gasteiger partial charge in [-0.1, -0.05) is 0 Å². The molecule has 0 radical (unpaired) electrons. The minimum Gasteiger partial charge on any atom is -0.497 e. The van der Waals surface area contributed by atoms with E-state index in [4.69, 9.17) is 10.5 Å². The Kier molecular flexibility index (Phi) is 2.46. The lowest BCUT2D eigenvalue weighted by Gasteiger charge is -2.11. The van der Waals surface area contributed by atoms with Crippen LogP contribution in [0, 0.1) is 20.8 Å². The van der Waals surface area contributed by atoms with Crippen LogP contribution in [-0.4, -0.2) is 12.1 Å². The van der Waals surface area contributed by atoms with Crippen molar-refractivity contribution in [3.05, 3.63) is 29.0 Å². The zero-order chi connectivity index (χ0) is 11.9. The minimum atomic E-state index is 0.796. The molecule has 0 amide bonds. The lowest BCUT2D eigenvalue weighted by Crippen LogP contribution is -1.99. The largest absolute Gasteiger partial charge is 0.497 e. The highest BCUT2D eigenvalue weighted by molar-refractivity contribution is 5.94. The Hall–Kier alpha value is -1.77. The van der Waals surface area contributed by atoms with Gasteiger partial charge in [-0.25, -0.2) is 0 Å². The van der Waals surface area contributed by atoms with Crippen LogP contribution in [0.2, 0.25) is 0 Å². The number of pyridine rings is 1. The maximum absolute atomic E-state index is 6.12. The molecule has 2 N–H and O–H groups in total. The molecule has 16 heavy (non-hydrogen) atoms. The molecule has 3 nitrogen and oxygen atoms in total. The van der Waals surface area contributed by atoms with Crippen LogP contribution in [0.3, 0.4) is 0 Å². The van der Waals surface area contributed by atoms with Gasteiger partial charge in [0.05, 0.1) is 12.6 Å². The molecule has 0 bridgehead atoms. The molecule has 0 saturated heterocycles. The molecular weight excluding hydrogens is 200 g/mol. The van der Waals surface area contributed by atoms with Crippen LogP contribution in [0.1, 0.15) is 16.8 Å². The Morgan fingerprint density at radius 2 is 1.88 bits per heavy atom. The normalized spacial score (nSPS) is 10.8. The van der Waals surface area contributed by atoms with Gasteiger partial charge in [-0.05, 0) is 44.0 Å². The first-order chi connectivity index (χ1) is 7.54. The molecule has 0 saturated carbocycles. The van der Waals surface area contributed by atoms with E-state index in [2.05, 4.69) is 4.98 Å². The number of aryl methyl sites for hydroxylation is 2. The number of nitrogen functional groups attached to an aromatic ring is 1. The minimum absolute atomic E-state index is 0.796. The number of nitrogens with two attached hydrogens (primary N) is 1. The smallest absolute Gasteiger partial charge is 0.119 e. The fraction of sp³-hybridized carbons (Fsp3) is 0.308. The van der Waals surface area contributed by atoms with E-state index in [0.29, 0.717) is 0 Å². The number of aromatic nitrogens is 1. The van der Waals surface area contributed by atoms with E-state index >= 15 is 0 Å². The van der Waals surface area contributed by atoms with E-state index in [0.717, 1.165) is 39.2 Å². The summed E-state index contributed by atoms with van der Waals surface area (Å²) in [7, 11) is 1.66. The number of benzene rings is 1. The van der Waals surface area contributed by atoms with Gasteiger partial charge in [0.2, 0.25) is 0 Å². The molecule has 1 aromatic heterocycles. The summed E-state index contributed by atoms with van der Waals surface area (Å²) in [5.41, 5.74) is 11.0. The maximum Gasteiger partial charge on any atom is 0.119 e. The van der Waals surface area contributed by atoms with Crippen molar-refractivity contribution in [3.63, 3.8) is 0 Å². The third-order valence-electron chi connectivity index (χ3n) is 3.03. The molecule has 2 aromatic rings. The molecule has 1 aromatic carbocycles. The molecular formula is C13H16N2O. The van der Waals surface area contributed by atoms with E-state index in [1.54, 1.807) is 7.11 Å². The number of nitrogens with zero attached hydrogens (tertiary/aromatic N) is 1. The molecule has 84 valence electrons. The van der Waals surface area contributed by atoms with E-state index in [1.807, 2.05) is 32.9 Å². The van der Waals surface area contributed by atoms with Crippen molar-refractivity contribution in [1.29, 1.82) is 0 Å². The summed E-state index contributed by atoms with van der Waals surface area (Å²) in [6.07, 6.45) is 0. The molecule has 3 heteroatoms. The first-order valence-electron chi connectivity index (χ1n) is 5.25. The van der Waals surface area contributed by atoms with E-state index < -0.39 is 0 Å². The van der Waals surface area contributed by atoms with Crippen LogP contribution < -0.4 is 10.5 Å². The molecule has 0 fully saturated rings. The SMILES string of the molecule is COc1cc(C)c2nc(C)c(C)c(N)c2c1. The van der Waals surface area contributed by atoms with Crippen molar-refractivity contribution in [3.8, 4) is 5.75 Å². The second kappa shape index (κ2) is 3.67. The predicted molar refractivity (Wildman–Crippen MR) is 66.9 cm³/mol. The van der Waals surface area contributed by atoms with Crippen LogP contribution in [0.5, 0.6) is 5.75 Å². The molecule has 0 spiro atoms. The number of hydrogen-bond acceptors (Lipinski definition) is 3. The topological polar surface area (TPSA) is 48.1 Å². The third kappa shape index (κ3) is 1.48. The molecule has 2 rings (SSSR count). The van der Waals surface area contributed by atoms with Gasteiger partial charge < -0.3 is 10.5 Å². The second-order valence-corrected chi connectivity index (χ2v) is 4.08. The van der Waals surface area contributed by atoms with Gasteiger partial charge in [0.15, 0.2) is 0 Å². The number of anilines is 1. The standard InChI is InChI=1S/C13H16N2O/c1-7-5-10(16-4)6-11-12(14)8(2)9(3)15-13(7)11/h5-6H,1-4H3,(H2,14,15). The fourth-order valence-electron chi connectivity index (χ4n) is 1.87. The van der Waals surface area contributed by atoms with E-state index in [1.165, 1.54) is 0 Å². The first-order valence-corrected chi connectivity index (χ1v) is 5.25. The van der Waals surface area contributed by atoms with Crippen LogP contribution in [-0.2, 0) is 0 Å². The van der Waals surface area contributed by atoms with Gasteiger partial charge in [-0.2, -0.15) is 0 Å². The van der Waals surface area contributed by atoms with Crippen molar-refractivity contribution in [1.82, 2.24) is 4.98 Å². The summed E-state index contributed by atoms with van der Waals surface area (Å²) >= 11 is 0. The number of methoxy groups -OCH3 is 1. The van der Waals surface area contributed by atoms with Crippen molar-refractivity contribution in [2.24, 2.45) is 0 Å². The highest BCUT2D eigenvalue weighted by atomic mass is 16.5. The van der Waals surface area contributed by atoms with Gasteiger partial charge in [0.1, 0.15) is 5.75 Å². The number of hydrogen-bond donors (Lipinski definition) is 1. The summed E-state index contributed by atoms with van der Waals surface area (Å²) < 4.78 is 5.24. The van der Waals surface area contributed by atoms with Crippen molar-refractivity contribution in [2.75, 3.05) is 12.8 Å². The van der Waals surface area contributed by atoms with Gasteiger partial charge in [0, 0.05) is 16.8 Å². The predicted octanol–water partition coefficient (Wildman–Crippen LogP) is 2.75. The second-order valence-electron chi connectivity index (χ2n) is 4.08. The average molecular weight is 216 g/mol. The van der Waals surface area contributed by atoms with Crippen molar-refractivity contribution in [2.45, 2.75) is 20.8 Å². The summed E-state index contributed by atoms with van der Waals surface area (Å²) in [4.78, 5) is 4.58. The summed E-state index contributed by atoms with van der Waals surface area (Å²) in [5.74, 6) is 0.821. The van der Waals surface area contributed by atoms with Gasteiger partial charge >= 0.3 is 0 Å². The van der Waals surface area contributed by atoms with Crippen LogP contribution in [0.4, 0.5) is 5.69 Å². The third-order valence-corrected chi connectivity index (χ3v) is 3.03. The summed E-state index contributed by atoms with van der Waals surface area (Å²) in [6.45, 7) is 5.99. The zero-order valence-electron chi connectivity index (χ0n) is 10.1. The molecule has 0 atom stereocenters.